The monoisotopic (exact) mass is 406 g/mol. The molecule has 0 N–H and O–H groups in total. The molecule has 0 saturated carbocycles. The van der Waals surface area contributed by atoms with Gasteiger partial charge in [0.1, 0.15) is 10.7 Å². The molecule has 0 bridgehead atoms. The lowest BCUT2D eigenvalue weighted by Gasteiger charge is -2.09. The van der Waals surface area contributed by atoms with E-state index < -0.39 is 0 Å². The van der Waals surface area contributed by atoms with Gasteiger partial charge >= 0.3 is 0 Å². The molecule has 1 aromatic heterocycles. The summed E-state index contributed by atoms with van der Waals surface area (Å²) >= 11 is 5.33. The molecule has 0 atom stereocenters. The number of hydrogen-bond donors (Lipinski definition) is 0. The van der Waals surface area contributed by atoms with E-state index in [2.05, 4.69) is 80.7 Å². The van der Waals surface area contributed by atoms with Crippen LogP contribution in [0.2, 0.25) is 0 Å². The highest BCUT2D eigenvalue weighted by Crippen LogP contribution is 2.33. The van der Waals surface area contributed by atoms with Crippen LogP contribution in [0.3, 0.4) is 0 Å². The molecule has 4 aromatic rings. The number of fused-ring (bicyclic) bond motifs is 1. The van der Waals surface area contributed by atoms with Crippen LogP contribution in [0.5, 0.6) is 0 Å². The first-order chi connectivity index (χ1) is 12.3. The van der Waals surface area contributed by atoms with E-state index in [0.29, 0.717) is 0 Å². The average molecular weight is 407 g/mol. The van der Waals surface area contributed by atoms with E-state index in [4.69, 9.17) is 0 Å². The van der Waals surface area contributed by atoms with Gasteiger partial charge in [-0.05, 0) is 11.6 Å². The Morgan fingerprint density at radius 3 is 2.20 bits per heavy atom. The van der Waals surface area contributed by atoms with Gasteiger partial charge in [-0.3, -0.25) is 0 Å². The molecule has 0 aliphatic heterocycles. The molecular weight excluding hydrogens is 392 g/mol. The third kappa shape index (κ3) is 3.46. The third-order valence-electron chi connectivity index (χ3n) is 4.02. The van der Waals surface area contributed by atoms with Crippen molar-refractivity contribution in [2.75, 3.05) is 0 Å². The summed E-state index contributed by atoms with van der Waals surface area (Å²) < 4.78 is 1.13. The van der Waals surface area contributed by atoms with Crippen LogP contribution in [-0.4, -0.2) is 10.2 Å². The first-order valence-electron chi connectivity index (χ1n) is 8.00. The summed E-state index contributed by atoms with van der Waals surface area (Å²) in [6.07, 6.45) is 0. The van der Waals surface area contributed by atoms with Gasteiger partial charge in [0.05, 0.1) is 0 Å². The average Bonchev–Trinajstić information content (AvgIpc) is 2.68. The van der Waals surface area contributed by atoms with Gasteiger partial charge < -0.3 is 0 Å². The minimum absolute atomic E-state index is 0.852. The molecule has 0 radical (unpaired) electrons. The van der Waals surface area contributed by atoms with Crippen molar-refractivity contribution in [1.82, 2.24) is 10.2 Å². The normalized spacial score (nSPS) is 10.9. The van der Waals surface area contributed by atoms with Crippen molar-refractivity contribution in [3.05, 3.63) is 88.9 Å². The zero-order valence-electron chi connectivity index (χ0n) is 13.4. The molecule has 0 aliphatic carbocycles. The number of rotatable bonds is 4. The molecule has 0 spiro atoms. The Morgan fingerprint density at radius 1 is 0.720 bits per heavy atom. The number of aromatic nitrogens is 2. The van der Waals surface area contributed by atoms with E-state index in [1.54, 1.807) is 11.8 Å². The van der Waals surface area contributed by atoms with Gasteiger partial charge in [-0.15, -0.1) is 10.2 Å². The number of thioether (sulfide) groups is 1. The Balaban J connectivity index is 1.73. The quantitative estimate of drug-likeness (QED) is 0.369. The van der Waals surface area contributed by atoms with Crippen molar-refractivity contribution < 1.29 is 0 Å². The van der Waals surface area contributed by atoms with Crippen molar-refractivity contribution >= 4 is 38.5 Å². The van der Waals surface area contributed by atoms with Crippen molar-refractivity contribution in [2.45, 2.75) is 10.8 Å². The second kappa shape index (κ2) is 7.38. The van der Waals surface area contributed by atoms with Crippen LogP contribution in [0.1, 0.15) is 5.56 Å². The lowest BCUT2D eigenvalue weighted by molar-refractivity contribution is 0.961. The van der Waals surface area contributed by atoms with E-state index in [9.17, 15) is 0 Å². The van der Waals surface area contributed by atoms with Gasteiger partial charge in [0, 0.05) is 26.6 Å². The maximum Gasteiger partial charge on any atom is 0.127 e. The van der Waals surface area contributed by atoms with Crippen LogP contribution < -0.4 is 0 Å². The fraction of sp³-hybridized carbons (Fsp3) is 0.0476. The highest BCUT2D eigenvalue weighted by Gasteiger charge is 2.11. The molecule has 0 saturated heterocycles. The summed E-state index contributed by atoms with van der Waals surface area (Å²) in [5.41, 5.74) is 3.28. The first kappa shape index (κ1) is 16.3. The molecule has 1 heterocycles. The van der Waals surface area contributed by atoms with Crippen molar-refractivity contribution in [2.24, 2.45) is 0 Å². The Bertz CT molecular complexity index is 1020. The van der Waals surface area contributed by atoms with Crippen LogP contribution >= 0.6 is 27.7 Å². The number of nitrogens with zero attached hydrogens (tertiary/aromatic N) is 2. The predicted octanol–water partition coefficient (Wildman–Crippen LogP) is 6.35. The molecule has 4 rings (SSSR count). The standard InChI is InChI=1S/C21H15BrN2S/c22-19-13-7-4-10-16(19)14-25-21-18-12-6-5-11-17(18)20(23-24-21)15-8-2-1-3-9-15/h1-13H,14H2. The van der Waals surface area contributed by atoms with Gasteiger partial charge in [0.2, 0.25) is 0 Å². The van der Waals surface area contributed by atoms with Crippen LogP contribution in [-0.2, 0) is 5.75 Å². The van der Waals surface area contributed by atoms with E-state index in [1.165, 1.54) is 5.56 Å². The molecule has 4 heteroatoms. The topological polar surface area (TPSA) is 25.8 Å². The molecule has 2 nitrogen and oxygen atoms in total. The minimum Gasteiger partial charge on any atom is -0.149 e. The lowest BCUT2D eigenvalue weighted by Crippen LogP contribution is -1.94. The summed E-state index contributed by atoms with van der Waals surface area (Å²) in [5, 5.41) is 12.3. The Labute approximate surface area is 159 Å². The summed E-state index contributed by atoms with van der Waals surface area (Å²) in [7, 11) is 0. The highest BCUT2D eigenvalue weighted by molar-refractivity contribution is 9.10. The first-order valence-corrected chi connectivity index (χ1v) is 9.78. The summed E-state index contributed by atoms with van der Waals surface area (Å²) in [4.78, 5) is 0. The van der Waals surface area contributed by atoms with Crippen molar-refractivity contribution in [1.29, 1.82) is 0 Å². The van der Waals surface area contributed by atoms with E-state index in [-0.39, 0.29) is 0 Å². The fourth-order valence-corrected chi connectivity index (χ4v) is 4.34. The molecule has 0 aliphatic rings. The second-order valence-electron chi connectivity index (χ2n) is 5.65. The maximum atomic E-state index is 4.53. The smallest absolute Gasteiger partial charge is 0.127 e. The van der Waals surface area contributed by atoms with Gasteiger partial charge in [-0.25, -0.2) is 0 Å². The van der Waals surface area contributed by atoms with Gasteiger partial charge in [-0.1, -0.05) is 100 Å². The third-order valence-corrected chi connectivity index (χ3v) is 5.83. The molecule has 122 valence electrons. The lowest BCUT2D eigenvalue weighted by atomic mass is 10.1. The zero-order chi connectivity index (χ0) is 17.1. The van der Waals surface area contributed by atoms with Gasteiger partial charge in [0.15, 0.2) is 0 Å². The van der Waals surface area contributed by atoms with Gasteiger partial charge in [0.25, 0.3) is 0 Å². The summed E-state index contributed by atoms with van der Waals surface area (Å²) in [6, 6.07) is 26.9. The second-order valence-corrected chi connectivity index (χ2v) is 7.46. The molecule has 0 unspecified atom stereocenters. The number of halogens is 1. The van der Waals surface area contributed by atoms with Gasteiger partial charge in [-0.2, -0.15) is 0 Å². The number of hydrogen-bond acceptors (Lipinski definition) is 3. The molecule has 3 aromatic carbocycles. The largest absolute Gasteiger partial charge is 0.149 e. The van der Waals surface area contributed by atoms with Crippen LogP contribution in [0.25, 0.3) is 22.0 Å². The summed E-state index contributed by atoms with van der Waals surface area (Å²) in [6.45, 7) is 0. The zero-order valence-corrected chi connectivity index (χ0v) is 15.8. The summed E-state index contributed by atoms with van der Waals surface area (Å²) in [5.74, 6) is 0.852. The van der Waals surface area contributed by atoms with E-state index in [0.717, 1.165) is 37.3 Å². The Kier molecular flexibility index (Phi) is 4.81. The van der Waals surface area contributed by atoms with E-state index >= 15 is 0 Å². The van der Waals surface area contributed by atoms with E-state index in [1.807, 2.05) is 24.3 Å². The molecule has 25 heavy (non-hydrogen) atoms. The maximum absolute atomic E-state index is 4.53. The molecule has 0 fully saturated rings. The minimum atomic E-state index is 0.852. The fourth-order valence-electron chi connectivity index (χ4n) is 2.76. The van der Waals surface area contributed by atoms with Crippen molar-refractivity contribution in [3.8, 4) is 11.3 Å². The molecular formula is C21H15BrN2S. The van der Waals surface area contributed by atoms with Crippen LogP contribution in [0.15, 0.2) is 88.4 Å². The SMILES string of the molecule is Brc1ccccc1CSc1nnc(-c2ccccc2)c2ccccc12. The molecule has 0 amide bonds. The Morgan fingerprint density at radius 2 is 1.40 bits per heavy atom. The predicted molar refractivity (Wildman–Crippen MR) is 109 cm³/mol. The van der Waals surface area contributed by atoms with Crippen LogP contribution in [0.4, 0.5) is 0 Å². The van der Waals surface area contributed by atoms with Crippen molar-refractivity contribution in [3.63, 3.8) is 0 Å². The number of benzene rings is 3. The Hall–Kier alpha value is -2.17. The van der Waals surface area contributed by atoms with Crippen LogP contribution in [0, 0.1) is 0 Å². The highest BCUT2D eigenvalue weighted by atomic mass is 79.9.